The van der Waals surface area contributed by atoms with Crippen molar-refractivity contribution in [2.24, 2.45) is 10.1 Å². The van der Waals surface area contributed by atoms with Crippen molar-refractivity contribution >= 4 is 12.1 Å². The Morgan fingerprint density at radius 3 is 2.66 bits per heavy atom. The fraction of sp³-hybridized carbons (Fsp3) is 0.429. The Morgan fingerprint density at radius 1 is 1.25 bits per heavy atom. The number of aryl methyl sites for hydroxylation is 1. The summed E-state index contributed by atoms with van der Waals surface area (Å²) in [4.78, 5) is 8.95. The topological polar surface area (TPSA) is 109 Å². The lowest BCUT2D eigenvalue weighted by molar-refractivity contribution is -0.138. The van der Waals surface area contributed by atoms with E-state index in [1.807, 2.05) is 0 Å². The quantitative estimate of drug-likeness (QED) is 0.615. The molecule has 2 aliphatic heterocycles. The van der Waals surface area contributed by atoms with Crippen LogP contribution in [0.5, 0.6) is 0 Å². The molecule has 4 rings (SSSR count). The number of hydrogen-bond donors (Lipinski definition) is 3. The number of aliphatic hydroxyl groups excluding tert-OH is 3. The summed E-state index contributed by atoms with van der Waals surface area (Å²) in [5, 5.41) is 35.8. The number of alkyl halides is 3. The smallest absolute Gasteiger partial charge is 0.397 e. The van der Waals surface area contributed by atoms with Crippen LogP contribution in [-0.2, 0) is 22.2 Å². The van der Waals surface area contributed by atoms with Gasteiger partial charge >= 0.3 is 6.18 Å². The molecule has 0 unspecified atom stereocenters. The van der Waals surface area contributed by atoms with Crippen LogP contribution in [0, 0.1) is 6.92 Å². The molecule has 0 radical (unpaired) electrons. The van der Waals surface area contributed by atoms with Crippen LogP contribution in [0.15, 0.2) is 40.6 Å². The second-order valence-electron chi connectivity index (χ2n) is 7.69. The molecule has 0 bridgehead atoms. The lowest BCUT2D eigenvalue weighted by atomic mass is 9.96. The number of rotatable bonds is 4. The van der Waals surface area contributed by atoms with E-state index in [1.54, 1.807) is 23.0 Å². The van der Waals surface area contributed by atoms with Crippen molar-refractivity contribution in [1.29, 1.82) is 0 Å². The molecule has 3 heterocycles. The Labute approximate surface area is 181 Å². The van der Waals surface area contributed by atoms with Crippen LogP contribution in [0.2, 0.25) is 0 Å². The molecule has 2 aromatic rings. The average Bonchev–Trinajstić information content (AvgIpc) is 3.29. The first-order valence-corrected chi connectivity index (χ1v) is 9.84. The zero-order valence-corrected chi connectivity index (χ0v) is 17.2. The highest BCUT2D eigenvalue weighted by atomic mass is 19.4. The van der Waals surface area contributed by atoms with Crippen molar-refractivity contribution in [3.8, 4) is 0 Å². The van der Waals surface area contributed by atoms with Crippen LogP contribution in [0.25, 0.3) is 0 Å². The van der Waals surface area contributed by atoms with E-state index in [4.69, 9.17) is 9.57 Å². The first kappa shape index (κ1) is 22.5. The predicted octanol–water partition coefficient (Wildman–Crippen LogP) is 2.10. The van der Waals surface area contributed by atoms with Gasteiger partial charge in [-0.15, -0.1) is 0 Å². The Balaban J connectivity index is 1.60. The first-order chi connectivity index (χ1) is 15.1. The largest absolute Gasteiger partial charge is 0.416 e. The van der Waals surface area contributed by atoms with Gasteiger partial charge in [-0.05, 0) is 30.2 Å². The van der Waals surface area contributed by atoms with Crippen LogP contribution in [0.3, 0.4) is 0 Å². The molecule has 32 heavy (non-hydrogen) atoms. The highest BCUT2D eigenvalue weighted by molar-refractivity contribution is 6.06. The monoisotopic (exact) mass is 453 g/mol. The van der Waals surface area contributed by atoms with E-state index < -0.39 is 42.4 Å². The highest BCUT2D eigenvalue weighted by Gasteiger charge is 2.48. The van der Waals surface area contributed by atoms with E-state index in [1.165, 1.54) is 20.1 Å². The van der Waals surface area contributed by atoms with Gasteiger partial charge in [0.15, 0.2) is 12.1 Å². The predicted molar refractivity (Wildman–Crippen MR) is 107 cm³/mol. The number of nitrogens with zero attached hydrogens (tertiary/aromatic N) is 3. The zero-order valence-electron chi connectivity index (χ0n) is 17.2. The molecule has 1 saturated heterocycles. The maximum Gasteiger partial charge on any atom is 0.416 e. The van der Waals surface area contributed by atoms with E-state index in [0.717, 1.165) is 12.1 Å². The third-order valence-corrected chi connectivity index (χ3v) is 5.70. The van der Waals surface area contributed by atoms with Crippen LogP contribution >= 0.6 is 0 Å². The molecule has 0 saturated carbocycles. The first-order valence-electron chi connectivity index (χ1n) is 9.84. The Bertz CT molecular complexity index is 1070. The normalized spacial score (nSPS) is 27.6. The van der Waals surface area contributed by atoms with Gasteiger partial charge < -0.3 is 29.5 Å². The number of aromatic nitrogens is 1. The Morgan fingerprint density at radius 2 is 2.00 bits per heavy atom. The van der Waals surface area contributed by atoms with Crippen molar-refractivity contribution in [2.45, 2.75) is 50.2 Å². The van der Waals surface area contributed by atoms with Crippen LogP contribution in [-0.4, -0.2) is 57.4 Å². The van der Waals surface area contributed by atoms with Gasteiger partial charge in [0.1, 0.15) is 31.5 Å². The van der Waals surface area contributed by atoms with Crippen molar-refractivity contribution in [3.05, 3.63) is 58.4 Å². The molecule has 1 aromatic heterocycles. The fourth-order valence-corrected chi connectivity index (χ4v) is 4.14. The summed E-state index contributed by atoms with van der Waals surface area (Å²) < 4.78 is 46.5. The Kier molecular flexibility index (Phi) is 5.84. The molecule has 11 heteroatoms. The minimum atomic E-state index is -4.51. The summed E-state index contributed by atoms with van der Waals surface area (Å²) in [6, 6.07) is 4.93. The number of hydrogen-bond acceptors (Lipinski definition) is 6. The minimum Gasteiger partial charge on any atom is -0.397 e. The van der Waals surface area contributed by atoms with E-state index in [0.29, 0.717) is 23.5 Å². The van der Waals surface area contributed by atoms with Gasteiger partial charge in [-0.3, -0.25) is 0 Å². The molecule has 1 aromatic carbocycles. The van der Waals surface area contributed by atoms with Gasteiger partial charge in [0.25, 0.3) is 0 Å². The summed E-state index contributed by atoms with van der Waals surface area (Å²) in [5.41, 5.74) is 0.647. The van der Waals surface area contributed by atoms with Crippen molar-refractivity contribution < 1.29 is 38.1 Å². The van der Waals surface area contributed by atoms with Crippen LogP contribution in [0.1, 0.15) is 40.3 Å². The molecule has 8 nitrogen and oxygen atoms in total. The highest BCUT2D eigenvalue weighted by Crippen LogP contribution is 2.39. The van der Waals surface area contributed by atoms with Gasteiger partial charge in [-0.2, -0.15) is 13.2 Å². The summed E-state index contributed by atoms with van der Waals surface area (Å²) in [5.74, 6) is 0.345. The maximum absolute atomic E-state index is 13.0. The van der Waals surface area contributed by atoms with E-state index in [2.05, 4.69) is 10.1 Å². The number of halogens is 3. The van der Waals surface area contributed by atoms with E-state index in [9.17, 15) is 28.5 Å². The molecular formula is C21H22F3N3O5. The molecule has 0 amide bonds. The van der Waals surface area contributed by atoms with Gasteiger partial charge in [0.05, 0.1) is 5.56 Å². The van der Waals surface area contributed by atoms with E-state index >= 15 is 0 Å². The molecule has 2 aliphatic rings. The molecule has 5 atom stereocenters. The van der Waals surface area contributed by atoms with E-state index in [-0.39, 0.29) is 11.1 Å². The lowest BCUT2D eigenvalue weighted by Crippen LogP contribution is -2.35. The number of ether oxygens (including phenoxy) is 1. The van der Waals surface area contributed by atoms with Gasteiger partial charge in [0.2, 0.25) is 0 Å². The summed E-state index contributed by atoms with van der Waals surface area (Å²) in [6.07, 6.45) is -7.44. The summed E-state index contributed by atoms with van der Waals surface area (Å²) in [7, 11) is 1.39. The van der Waals surface area contributed by atoms with Gasteiger partial charge in [-0.25, -0.2) is 4.99 Å². The van der Waals surface area contributed by atoms with Gasteiger partial charge in [0, 0.05) is 30.1 Å². The number of fused-ring (bicyclic) bond motifs is 1. The number of benzene rings is 1. The fourth-order valence-electron chi connectivity index (χ4n) is 4.14. The zero-order chi connectivity index (χ0) is 23.2. The molecule has 3 N–H and O–H groups in total. The molecular weight excluding hydrogens is 431 g/mol. The Hall–Kier alpha value is -2.73. The SMILES string of the molecule is CO/N=C1\N=CCc2c1ccn2[C@@H]1O[C@H]([C@H](O)c2ccc(C(F)(F)F)c(C)c2)[C@@H](O)[C@H]1O. The third kappa shape index (κ3) is 3.81. The number of amidine groups is 1. The lowest BCUT2D eigenvalue weighted by Gasteiger charge is -2.23. The van der Waals surface area contributed by atoms with Crippen LogP contribution in [0.4, 0.5) is 13.2 Å². The molecule has 0 aliphatic carbocycles. The minimum absolute atomic E-state index is 0.0673. The number of oxime groups is 1. The number of aliphatic hydroxyl groups is 3. The van der Waals surface area contributed by atoms with Crippen molar-refractivity contribution in [3.63, 3.8) is 0 Å². The van der Waals surface area contributed by atoms with Crippen molar-refractivity contribution in [1.82, 2.24) is 4.57 Å². The standard InChI is InChI=1S/C21H22F3N3O5/c1-10-9-11(3-4-13(10)21(22,23)24)15(28)18-16(29)17(30)20(32-18)27-8-6-12-14(27)5-7-25-19(12)26-31-2/h3-4,6-9,15-18,20,28-30H,5H2,1-2H3/b26-19-/t15-,16+,17-,18-,20-/m1/s1. The molecule has 1 fully saturated rings. The van der Waals surface area contributed by atoms with Crippen molar-refractivity contribution in [2.75, 3.05) is 7.11 Å². The second kappa shape index (κ2) is 8.32. The third-order valence-electron chi connectivity index (χ3n) is 5.70. The number of aliphatic imine (C=N–C) groups is 1. The average molecular weight is 453 g/mol. The second-order valence-corrected chi connectivity index (χ2v) is 7.69. The summed E-state index contributed by atoms with van der Waals surface area (Å²) >= 11 is 0. The maximum atomic E-state index is 13.0. The summed E-state index contributed by atoms with van der Waals surface area (Å²) in [6.45, 7) is 1.29. The molecule has 172 valence electrons. The van der Waals surface area contributed by atoms with Gasteiger partial charge in [-0.1, -0.05) is 17.3 Å². The molecule has 0 spiro atoms. The van der Waals surface area contributed by atoms with Crippen LogP contribution < -0.4 is 0 Å².